The smallest absolute Gasteiger partial charge is 0.263 e. The van der Waals surface area contributed by atoms with Gasteiger partial charge in [-0.1, -0.05) is 11.6 Å². The van der Waals surface area contributed by atoms with Crippen LogP contribution in [0.4, 0.5) is 10.1 Å². The van der Waals surface area contributed by atoms with E-state index in [1.807, 2.05) is 14.1 Å². The molecule has 2 aromatic carbocycles. The van der Waals surface area contributed by atoms with Crippen molar-refractivity contribution in [2.45, 2.75) is 30.2 Å². The average Bonchev–Trinajstić information content (AvgIpc) is 2.60. The number of sulfonamides is 1. The number of ether oxygens (including phenoxy) is 1. The molecule has 0 saturated carbocycles. The Morgan fingerprint density at radius 3 is 2.59 bits per heavy atom. The lowest BCUT2D eigenvalue weighted by atomic mass is 9.86. The van der Waals surface area contributed by atoms with E-state index in [0.717, 1.165) is 54.3 Å². The van der Waals surface area contributed by atoms with Gasteiger partial charge in [0.15, 0.2) is 0 Å². The Balaban J connectivity index is 2.00. The molecule has 1 atom stereocenters. The molecule has 27 heavy (non-hydrogen) atoms. The molecule has 0 aliphatic heterocycles. The van der Waals surface area contributed by atoms with Crippen LogP contribution in [0.1, 0.15) is 17.5 Å². The van der Waals surface area contributed by atoms with Crippen molar-refractivity contribution in [3.05, 3.63) is 52.3 Å². The van der Waals surface area contributed by atoms with E-state index in [0.29, 0.717) is 11.7 Å². The first-order valence-corrected chi connectivity index (χ1v) is 10.4. The van der Waals surface area contributed by atoms with Gasteiger partial charge in [-0.3, -0.25) is 4.72 Å². The Labute approximate surface area is 164 Å². The summed E-state index contributed by atoms with van der Waals surface area (Å²) in [6, 6.07) is 7.05. The second-order valence-corrected chi connectivity index (χ2v) is 8.87. The molecule has 0 amide bonds. The molecule has 1 aliphatic carbocycles. The number of fused-ring (bicyclic) bond motifs is 1. The normalized spacial score (nSPS) is 16.9. The van der Waals surface area contributed by atoms with Crippen molar-refractivity contribution in [1.82, 2.24) is 4.90 Å². The van der Waals surface area contributed by atoms with Crippen LogP contribution in [0.3, 0.4) is 0 Å². The maximum absolute atomic E-state index is 13.3. The molecule has 1 unspecified atom stereocenters. The van der Waals surface area contributed by atoms with Gasteiger partial charge in [-0.2, -0.15) is 0 Å². The zero-order valence-electron chi connectivity index (χ0n) is 15.4. The highest BCUT2D eigenvalue weighted by molar-refractivity contribution is 7.92. The summed E-state index contributed by atoms with van der Waals surface area (Å²) in [5, 5.41) is -0.155. The van der Waals surface area contributed by atoms with Crippen molar-refractivity contribution in [3.8, 4) is 5.75 Å². The van der Waals surface area contributed by atoms with Gasteiger partial charge in [0.05, 0.1) is 17.8 Å². The molecule has 0 fully saturated rings. The molecule has 0 radical (unpaired) electrons. The van der Waals surface area contributed by atoms with E-state index in [-0.39, 0.29) is 9.92 Å². The predicted octanol–water partition coefficient (Wildman–Crippen LogP) is 3.71. The van der Waals surface area contributed by atoms with Crippen molar-refractivity contribution < 1.29 is 17.5 Å². The first kappa shape index (κ1) is 19.9. The third-order valence-electron chi connectivity index (χ3n) is 4.93. The lowest BCUT2D eigenvalue weighted by Crippen LogP contribution is -2.34. The Morgan fingerprint density at radius 1 is 1.22 bits per heavy atom. The maximum atomic E-state index is 13.3. The van der Waals surface area contributed by atoms with Gasteiger partial charge < -0.3 is 9.64 Å². The third-order valence-corrected chi connectivity index (χ3v) is 6.78. The monoisotopic (exact) mass is 412 g/mol. The van der Waals surface area contributed by atoms with Gasteiger partial charge in [-0.15, -0.1) is 0 Å². The third kappa shape index (κ3) is 4.05. The number of halogens is 2. The first-order valence-electron chi connectivity index (χ1n) is 8.56. The molecule has 0 aromatic heterocycles. The molecule has 2 aromatic rings. The summed E-state index contributed by atoms with van der Waals surface area (Å²) in [7, 11) is 1.73. The number of benzene rings is 2. The minimum absolute atomic E-state index is 0.155. The molecule has 0 bridgehead atoms. The molecular formula is C19H22ClFN2O3S. The Hall–Kier alpha value is -1.83. The number of nitrogens with one attached hydrogen (secondary N) is 1. The number of anilines is 1. The van der Waals surface area contributed by atoms with E-state index in [2.05, 4.69) is 9.62 Å². The van der Waals surface area contributed by atoms with Crippen molar-refractivity contribution in [2.24, 2.45) is 0 Å². The summed E-state index contributed by atoms with van der Waals surface area (Å²) in [4.78, 5) is 2.01. The van der Waals surface area contributed by atoms with Gasteiger partial charge in [0.2, 0.25) is 0 Å². The van der Waals surface area contributed by atoms with Crippen LogP contribution in [0.5, 0.6) is 5.75 Å². The standard InChI is InChI=1S/C19H22ClFN2O3S/c1-23(2)13-5-6-14-15(11-13)18(26-3)8-7-17(14)22-27(24,25)19-9-4-12(21)10-16(19)20/h4,7-10,13,22H,5-6,11H2,1-3H3. The van der Waals surface area contributed by atoms with Crippen LogP contribution in [0.25, 0.3) is 0 Å². The van der Waals surface area contributed by atoms with Crippen LogP contribution < -0.4 is 9.46 Å². The highest BCUT2D eigenvalue weighted by atomic mass is 35.5. The van der Waals surface area contributed by atoms with Gasteiger partial charge in [0.1, 0.15) is 16.5 Å². The van der Waals surface area contributed by atoms with Gasteiger partial charge in [-0.25, -0.2) is 12.8 Å². The number of nitrogens with zero attached hydrogens (tertiary/aromatic N) is 1. The SMILES string of the molecule is COc1ccc(NS(=O)(=O)c2ccc(F)cc2Cl)c2c1CC(N(C)C)CC2. The summed E-state index contributed by atoms with van der Waals surface area (Å²) < 4.78 is 46.9. The zero-order chi connectivity index (χ0) is 19.8. The lowest BCUT2D eigenvalue weighted by molar-refractivity contribution is 0.265. The zero-order valence-corrected chi connectivity index (χ0v) is 17.0. The van der Waals surface area contributed by atoms with Crippen molar-refractivity contribution in [3.63, 3.8) is 0 Å². The van der Waals surface area contributed by atoms with E-state index < -0.39 is 15.8 Å². The van der Waals surface area contributed by atoms with Gasteiger partial charge in [0, 0.05) is 11.6 Å². The summed E-state index contributed by atoms with van der Waals surface area (Å²) in [5.41, 5.74) is 2.44. The molecule has 146 valence electrons. The van der Waals surface area contributed by atoms with Crippen molar-refractivity contribution >= 4 is 27.3 Å². The predicted molar refractivity (Wildman–Crippen MR) is 105 cm³/mol. The van der Waals surface area contributed by atoms with Gasteiger partial charge >= 0.3 is 0 Å². The quantitative estimate of drug-likeness (QED) is 0.813. The minimum atomic E-state index is -3.94. The van der Waals surface area contributed by atoms with Crippen LogP contribution in [-0.4, -0.2) is 40.6 Å². The molecule has 8 heteroatoms. The fraction of sp³-hybridized carbons (Fsp3) is 0.368. The largest absolute Gasteiger partial charge is 0.496 e. The van der Waals surface area contributed by atoms with Gasteiger partial charge in [0.25, 0.3) is 10.0 Å². The fourth-order valence-corrected chi connectivity index (χ4v) is 5.08. The van der Waals surface area contributed by atoms with Gasteiger partial charge in [-0.05, 0) is 69.3 Å². The van der Waals surface area contributed by atoms with Crippen LogP contribution in [0.2, 0.25) is 5.02 Å². The highest BCUT2D eigenvalue weighted by Gasteiger charge is 2.27. The summed E-state index contributed by atoms with van der Waals surface area (Å²) >= 11 is 5.94. The molecule has 3 rings (SSSR count). The Morgan fingerprint density at radius 2 is 1.96 bits per heavy atom. The molecule has 0 saturated heterocycles. The van der Waals surface area contributed by atoms with Crippen LogP contribution >= 0.6 is 11.6 Å². The molecule has 1 aliphatic rings. The molecule has 1 N–H and O–H groups in total. The molecule has 0 spiro atoms. The molecular weight excluding hydrogens is 391 g/mol. The topological polar surface area (TPSA) is 58.6 Å². The summed E-state index contributed by atoms with van der Waals surface area (Å²) in [6.07, 6.45) is 2.42. The van der Waals surface area contributed by atoms with E-state index in [4.69, 9.17) is 16.3 Å². The first-order chi connectivity index (χ1) is 12.7. The second kappa shape index (κ2) is 7.66. The molecule has 0 heterocycles. The number of likely N-dealkylation sites (N-methyl/N-ethyl adjacent to an activating group) is 1. The summed E-state index contributed by atoms with van der Waals surface area (Å²) in [6.45, 7) is 0. The maximum Gasteiger partial charge on any atom is 0.263 e. The number of hydrogen-bond acceptors (Lipinski definition) is 4. The average molecular weight is 413 g/mol. The summed E-state index contributed by atoms with van der Waals surface area (Å²) in [5.74, 6) is 0.162. The van der Waals surface area contributed by atoms with Crippen LogP contribution in [-0.2, 0) is 22.9 Å². The minimum Gasteiger partial charge on any atom is -0.496 e. The van der Waals surface area contributed by atoms with E-state index in [1.54, 1.807) is 19.2 Å². The van der Waals surface area contributed by atoms with Crippen molar-refractivity contribution in [2.75, 3.05) is 25.9 Å². The number of rotatable bonds is 5. The Kier molecular flexibility index (Phi) is 5.65. The lowest BCUT2D eigenvalue weighted by Gasteiger charge is -2.32. The Bertz CT molecular complexity index is 964. The van der Waals surface area contributed by atoms with Crippen molar-refractivity contribution in [1.29, 1.82) is 0 Å². The highest BCUT2D eigenvalue weighted by Crippen LogP contribution is 2.37. The number of hydrogen-bond donors (Lipinski definition) is 1. The molecule has 5 nitrogen and oxygen atoms in total. The van der Waals surface area contributed by atoms with Crippen LogP contribution in [0, 0.1) is 5.82 Å². The van der Waals surface area contributed by atoms with Crippen LogP contribution in [0.15, 0.2) is 35.2 Å². The van der Waals surface area contributed by atoms with E-state index >= 15 is 0 Å². The van der Waals surface area contributed by atoms with E-state index in [9.17, 15) is 12.8 Å². The fourth-order valence-electron chi connectivity index (χ4n) is 3.45. The number of methoxy groups -OCH3 is 1. The van der Waals surface area contributed by atoms with E-state index in [1.165, 1.54) is 0 Å². The second-order valence-electron chi connectivity index (χ2n) is 6.81.